The van der Waals surface area contributed by atoms with Gasteiger partial charge in [-0.2, -0.15) is 5.26 Å². The quantitative estimate of drug-likeness (QED) is 0.869. The highest BCUT2D eigenvalue weighted by Gasteiger charge is 2.11. The van der Waals surface area contributed by atoms with Crippen LogP contribution < -0.4 is 5.32 Å². The van der Waals surface area contributed by atoms with Crippen molar-refractivity contribution in [2.45, 2.75) is 12.8 Å². The lowest BCUT2D eigenvalue weighted by molar-refractivity contribution is 0.0949. The van der Waals surface area contributed by atoms with Gasteiger partial charge < -0.3 is 10.2 Å². The summed E-state index contributed by atoms with van der Waals surface area (Å²) >= 11 is 0. The Kier molecular flexibility index (Phi) is 4.32. The summed E-state index contributed by atoms with van der Waals surface area (Å²) in [7, 11) is 0. The average Bonchev–Trinajstić information content (AvgIpc) is 2.92. The molecule has 1 aliphatic heterocycles. The third-order valence-corrected chi connectivity index (χ3v) is 3.17. The van der Waals surface area contributed by atoms with Gasteiger partial charge >= 0.3 is 0 Å². The summed E-state index contributed by atoms with van der Waals surface area (Å²) in [6.45, 7) is 3.85. The Morgan fingerprint density at radius 1 is 1.39 bits per heavy atom. The predicted octanol–water partition coefficient (Wildman–Crippen LogP) is 1.38. The summed E-state index contributed by atoms with van der Waals surface area (Å²) in [5.74, 6) is -0.105. The smallest absolute Gasteiger partial charge is 0.251 e. The van der Waals surface area contributed by atoms with Crippen LogP contribution in [0.4, 0.5) is 0 Å². The summed E-state index contributed by atoms with van der Waals surface area (Å²) < 4.78 is 0. The number of nitrogens with zero attached hydrogens (tertiary/aromatic N) is 2. The highest BCUT2D eigenvalue weighted by molar-refractivity contribution is 5.94. The molecule has 18 heavy (non-hydrogen) atoms. The first-order valence-corrected chi connectivity index (χ1v) is 6.30. The number of likely N-dealkylation sites (tertiary alicyclic amines) is 1. The van der Waals surface area contributed by atoms with Gasteiger partial charge in [-0.3, -0.25) is 4.79 Å². The molecule has 0 spiro atoms. The van der Waals surface area contributed by atoms with Gasteiger partial charge in [0.15, 0.2) is 0 Å². The molecule has 0 aliphatic carbocycles. The van der Waals surface area contributed by atoms with Crippen molar-refractivity contribution in [3.05, 3.63) is 35.4 Å². The molecule has 4 heteroatoms. The minimum atomic E-state index is -0.105. The normalized spacial score (nSPS) is 15.3. The number of hydrogen-bond donors (Lipinski definition) is 1. The monoisotopic (exact) mass is 243 g/mol. The van der Waals surface area contributed by atoms with E-state index in [1.165, 1.54) is 12.8 Å². The van der Waals surface area contributed by atoms with Crippen LogP contribution >= 0.6 is 0 Å². The fourth-order valence-corrected chi connectivity index (χ4v) is 2.17. The molecule has 1 heterocycles. The Bertz CT molecular complexity index is 458. The number of nitriles is 1. The van der Waals surface area contributed by atoms with Gasteiger partial charge in [-0.25, -0.2) is 0 Å². The number of carbonyl (C=O) groups is 1. The van der Waals surface area contributed by atoms with E-state index in [2.05, 4.69) is 10.2 Å². The number of nitrogens with one attached hydrogen (secondary N) is 1. The lowest BCUT2D eigenvalue weighted by atomic mass is 10.1. The second kappa shape index (κ2) is 6.18. The third kappa shape index (κ3) is 3.31. The van der Waals surface area contributed by atoms with Crippen LogP contribution in [0.3, 0.4) is 0 Å². The lowest BCUT2D eigenvalue weighted by Crippen LogP contribution is -2.33. The van der Waals surface area contributed by atoms with E-state index in [0.29, 0.717) is 17.7 Å². The first kappa shape index (κ1) is 12.6. The van der Waals surface area contributed by atoms with E-state index in [1.54, 1.807) is 24.3 Å². The van der Waals surface area contributed by atoms with Gasteiger partial charge in [-0.15, -0.1) is 0 Å². The molecule has 0 atom stereocenters. The number of carbonyl (C=O) groups excluding carboxylic acids is 1. The highest BCUT2D eigenvalue weighted by atomic mass is 16.1. The van der Waals surface area contributed by atoms with Gasteiger partial charge in [-0.05, 0) is 44.1 Å². The van der Waals surface area contributed by atoms with Crippen molar-refractivity contribution in [2.75, 3.05) is 26.2 Å². The van der Waals surface area contributed by atoms with Crippen molar-refractivity contribution >= 4 is 5.91 Å². The van der Waals surface area contributed by atoms with Crippen LogP contribution in [-0.2, 0) is 0 Å². The van der Waals surface area contributed by atoms with Gasteiger partial charge in [0.05, 0.1) is 11.6 Å². The molecule has 0 unspecified atom stereocenters. The highest BCUT2D eigenvalue weighted by Crippen LogP contribution is 2.06. The summed E-state index contributed by atoms with van der Waals surface area (Å²) in [6, 6.07) is 8.80. The van der Waals surface area contributed by atoms with Crippen molar-refractivity contribution in [3.63, 3.8) is 0 Å². The van der Waals surface area contributed by atoms with Gasteiger partial charge in [0.1, 0.15) is 0 Å². The van der Waals surface area contributed by atoms with E-state index in [9.17, 15) is 4.79 Å². The Labute approximate surface area is 107 Å². The largest absolute Gasteiger partial charge is 0.351 e. The van der Waals surface area contributed by atoms with E-state index >= 15 is 0 Å². The molecule has 1 amide bonds. The number of benzene rings is 1. The summed E-state index contributed by atoms with van der Waals surface area (Å²) in [4.78, 5) is 14.2. The molecule has 0 bridgehead atoms. The summed E-state index contributed by atoms with van der Waals surface area (Å²) in [5.41, 5.74) is 1.07. The van der Waals surface area contributed by atoms with Crippen molar-refractivity contribution in [2.24, 2.45) is 0 Å². The summed E-state index contributed by atoms with van der Waals surface area (Å²) in [6.07, 6.45) is 2.52. The Morgan fingerprint density at radius 3 is 2.89 bits per heavy atom. The van der Waals surface area contributed by atoms with Crippen LogP contribution in [0.5, 0.6) is 0 Å². The van der Waals surface area contributed by atoms with Crippen molar-refractivity contribution in [3.8, 4) is 6.07 Å². The van der Waals surface area contributed by atoms with Crippen molar-refractivity contribution in [1.29, 1.82) is 5.26 Å². The minimum absolute atomic E-state index is 0.105. The molecule has 1 aromatic rings. The first-order chi connectivity index (χ1) is 8.79. The molecule has 1 fully saturated rings. The van der Waals surface area contributed by atoms with Gasteiger partial charge in [-0.1, -0.05) is 6.07 Å². The SMILES string of the molecule is N#Cc1cccc(C(=O)NCCN2CCCC2)c1. The lowest BCUT2D eigenvalue weighted by Gasteiger charge is -2.14. The molecular weight excluding hydrogens is 226 g/mol. The molecule has 1 aromatic carbocycles. The van der Waals surface area contributed by atoms with Crippen molar-refractivity contribution in [1.82, 2.24) is 10.2 Å². The molecule has 4 nitrogen and oxygen atoms in total. The zero-order valence-corrected chi connectivity index (χ0v) is 10.4. The maximum absolute atomic E-state index is 11.8. The number of hydrogen-bond acceptors (Lipinski definition) is 3. The molecule has 2 rings (SSSR count). The predicted molar refractivity (Wildman–Crippen MR) is 69.2 cm³/mol. The van der Waals surface area contributed by atoms with Crippen molar-refractivity contribution < 1.29 is 4.79 Å². The number of amides is 1. The Balaban J connectivity index is 1.81. The standard InChI is InChI=1S/C14H17N3O/c15-11-12-4-3-5-13(10-12)14(18)16-6-9-17-7-1-2-8-17/h3-5,10H,1-2,6-9H2,(H,16,18). The second-order valence-electron chi connectivity index (χ2n) is 4.50. The Morgan fingerprint density at radius 2 is 2.17 bits per heavy atom. The fraction of sp³-hybridized carbons (Fsp3) is 0.429. The molecular formula is C14H17N3O. The van der Waals surface area contributed by atoms with Crippen LogP contribution in [0.2, 0.25) is 0 Å². The van der Waals surface area contributed by atoms with E-state index in [4.69, 9.17) is 5.26 Å². The average molecular weight is 243 g/mol. The third-order valence-electron chi connectivity index (χ3n) is 3.17. The molecule has 1 N–H and O–H groups in total. The molecule has 0 aromatic heterocycles. The van der Waals surface area contributed by atoms with Gasteiger partial charge in [0.2, 0.25) is 0 Å². The van der Waals surface area contributed by atoms with Crippen LogP contribution in [-0.4, -0.2) is 37.0 Å². The molecule has 94 valence electrons. The molecule has 0 radical (unpaired) electrons. The maximum Gasteiger partial charge on any atom is 0.251 e. The number of rotatable bonds is 4. The summed E-state index contributed by atoms with van der Waals surface area (Å²) in [5, 5.41) is 11.7. The first-order valence-electron chi connectivity index (χ1n) is 6.30. The maximum atomic E-state index is 11.8. The zero-order valence-electron chi connectivity index (χ0n) is 10.4. The molecule has 1 aliphatic rings. The molecule has 1 saturated heterocycles. The zero-order chi connectivity index (χ0) is 12.8. The second-order valence-corrected chi connectivity index (χ2v) is 4.50. The van der Waals surface area contributed by atoms with Crippen LogP contribution in [0.1, 0.15) is 28.8 Å². The topological polar surface area (TPSA) is 56.1 Å². The van der Waals surface area contributed by atoms with Gasteiger partial charge in [0, 0.05) is 18.7 Å². The fourth-order valence-electron chi connectivity index (χ4n) is 2.17. The van der Waals surface area contributed by atoms with E-state index in [0.717, 1.165) is 19.6 Å². The van der Waals surface area contributed by atoms with Crippen LogP contribution in [0.15, 0.2) is 24.3 Å². The van der Waals surface area contributed by atoms with E-state index < -0.39 is 0 Å². The van der Waals surface area contributed by atoms with Gasteiger partial charge in [0.25, 0.3) is 5.91 Å². The molecule has 0 saturated carbocycles. The van der Waals surface area contributed by atoms with E-state index in [-0.39, 0.29) is 5.91 Å². The van der Waals surface area contributed by atoms with E-state index in [1.807, 2.05) is 6.07 Å². The Hall–Kier alpha value is -1.86. The minimum Gasteiger partial charge on any atom is -0.351 e. The van der Waals surface area contributed by atoms with Crippen LogP contribution in [0, 0.1) is 11.3 Å². The van der Waals surface area contributed by atoms with Crippen LogP contribution in [0.25, 0.3) is 0 Å².